The first-order valence-electron chi connectivity index (χ1n) is 6.79. The van der Waals surface area contributed by atoms with Crippen LogP contribution in [0.5, 0.6) is 0 Å². The fraction of sp³-hybridized carbons (Fsp3) is 0.667. The zero-order valence-corrected chi connectivity index (χ0v) is 12.3. The standard InChI is InChI=1S/C15H26N2O/c1-6-7-10-17-13(15(2,3)4)9-8-12(11-16-5)14(17)18/h8-9,16H,6-7,10-11H2,1-5H3. The molecule has 0 fully saturated rings. The van der Waals surface area contributed by atoms with Gasteiger partial charge in [0.1, 0.15) is 0 Å². The Balaban J connectivity index is 3.28. The van der Waals surface area contributed by atoms with E-state index in [1.807, 2.05) is 17.7 Å². The molecule has 1 aromatic rings. The van der Waals surface area contributed by atoms with E-state index in [-0.39, 0.29) is 11.0 Å². The summed E-state index contributed by atoms with van der Waals surface area (Å²) >= 11 is 0. The fourth-order valence-corrected chi connectivity index (χ4v) is 2.14. The largest absolute Gasteiger partial charge is 0.315 e. The summed E-state index contributed by atoms with van der Waals surface area (Å²) in [5.74, 6) is 0. The summed E-state index contributed by atoms with van der Waals surface area (Å²) in [5, 5.41) is 3.05. The summed E-state index contributed by atoms with van der Waals surface area (Å²) in [4.78, 5) is 12.5. The smallest absolute Gasteiger partial charge is 0.255 e. The monoisotopic (exact) mass is 250 g/mol. The molecule has 0 aliphatic heterocycles. The zero-order valence-electron chi connectivity index (χ0n) is 12.3. The predicted molar refractivity (Wildman–Crippen MR) is 77.1 cm³/mol. The topological polar surface area (TPSA) is 34.0 Å². The number of hydrogen-bond donors (Lipinski definition) is 1. The number of rotatable bonds is 5. The normalized spacial score (nSPS) is 11.8. The highest BCUT2D eigenvalue weighted by Gasteiger charge is 2.19. The Morgan fingerprint density at radius 1 is 1.28 bits per heavy atom. The molecule has 0 spiro atoms. The van der Waals surface area contributed by atoms with Crippen LogP contribution < -0.4 is 10.9 Å². The highest BCUT2D eigenvalue weighted by molar-refractivity contribution is 5.21. The van der Waals surface area contributed by atoms with Gasteiger partial charge in [0.15, 0.2) is 0 Å². The van der Waals surface area contributed by atoms with Crippen molar-refractivity contribution in [2.45, 2.75) is 59.0 Å². The average Bonchev–Trinajstić information content (AvgIpc) is 2.28. The number of unbranched alkanes of at least 4 members (excludes halogenated alkanes) is 1. The molecule has 0 aliphatic carbocycles. The molecule has 1 rings (SSSR count). The SMILES string of the molecule is CCCCn1c(C(C)(C)C)ccc(CNC)c1=O. The summed E-state index contributed by atoms with van der Waals surface area (Å²) in [6.07, 6.45) is 2.15. The van der Waals surface area contributed by atoms with Crippen molar-refractivity contribution in [1.29, 1.82) is 0 Å². The molecule has 0 bridgehead atoms. The minimum atomic E-state index is 0.00503. The number of aromatic nitrogens is 1. The van der Waals surface area contributed by atoms with Crippen LogP contribution in [0.3, 0.4) is 0 Å². The summed E-state index contributed by atoms with van der Waals surface area (Å²) in [5.41, 5.74) is 2.14. The zero-order chi connectivity index (χ0) is 13.8. The van der Waals surface area contributed by atoms with Gasteiger partial charge in [-0.1, -0.05) is 40.2 Å². The molecule has 0 radical (unpaired) electrons. The molecule has 102 valence electrons. The maximum Gasteiger partial charge on any atom is 0.255 e. The average molecular weight is 250 g/mol. The molecule has 0 saturated heterocycles. The van der Waals surface area contributed by atoms with Crippen molar-refractivity contribution >= 4 is 0 Å². The van der Waals surface area contributed by atoms with Crippen LogP contribution in [0.4, 0.5) is 0 Å². The molecular weight excluding hydrogens is 224 g/mol. The van der Waals surface area contributed by atoms with Gasteiger partial charge < -0.3 is 9.88 Å². The molecule has 18 heavy (non-hydrogen) atoms. The van der Waals surface area contributed by atoms with E-state index >= 15 is 0 Å². The second-order valence-electron chi connectivity index (χ2n) is 5.83. The molecule has 0 aromatic carbocycles. The Bertz CT molecular complexity index is 441. The lowest BCUT2D eigenvalue weighted by Crippen LogP contribution is -2.32. The van der Waals surface area contributed by atoms with Gasteiger partial charge in [0, 0.05) is 29.8 Å². The second kappa shape index (κ2) is 6.19. The summed E-state index contributed by atoms with van der Waals surface area (Å²) in [6.45, 7) is 10.1. The third-order valence-electron chi connectivity index (χ3n) is 3.12. The molecule has 3 nitrogen and oxygen atoms in total. The quantitative estimate of drug-likeness (QED) is 0.871. The van der Waals surface area contributed by atoms with Crippen LogP contribution in [-0.4, -0.2) is 11.6 Å². The van der Waals surface area contributed by atoms with Crippen LogP contribution in [0.25, 0.3) is 0 Å². The van der Waals surface area contributed by atoms with Crippen LogP contribution >= 0.6 is 0 Å². The Kier molecular flexibility index (Phi) is 5.15. The summed E-state index contributed by atoms with van der Waals surface area (Å²) in [6, 6.07) is 4.06. The van der Waals surface area contributed by atoms with E-state index in [9.17, 15) is 4.79 Å². The van der Waals surface area contributed by atoms with Crippen molar-refractivity contribution in [2.75, 3.05) is 7.05 Å². The Labute approximate surface area is 110 Å². The highest BCUT2D eigenvalue weighted by Crippen LogP contribution is 2.21. The van der Waals surface area contributed by atoms with Gasteiger partial charge in [0.25, 0.3) is 5.56 Å². The number of hydrogen-bond acceptors (Lipinski definition) is 2. The first-order chi connectivity index (χ1) is 8.41. The molecule has 0 aliphatic rings. The van der Waals surface area contributed by atoms with Gasteiger partial charge in [-0.3, -0.25) is 4.79 Å². The van der Waals surface area contributed by atoms with Crippen molar-refractivity contribution < 1.29 is 0 Å². The van der Waals surface area contributed by atoms with Gasteiger partial charge in [0.2, 0.25) is 0 Å². The molecule has 0 atom stereocenters. The van der Waals surface area contributed by atoms with Crippen molar-refractivity contribution in [2.24, 2.45) is 0 Å². The lowest BCUT2D eigenvalue weighted by Gasteiger charge is -2.25. The first kappa shape index (κ1) is 15.0. The summed E-state index contributed by atoms with van der Waals surface area (Å²) < 4.78 is 1.95. The lowest BCUT2D eigenvalue weighted by atomic mass is 9.90. The minimum Gasteiger partial charge on any atom is -0.315 e. The first-order valence-corrected chi connectivity index (χ1v) is 6.79. The molecular formula is C15H26N2O. The summed E-state index contributed by atoms with van der Waals surface area (Å²) in [7, 11) is 1.87. The lowest BCUT2D eigenvalue weighted by molar-refractivity contribution is 0.486. The van der Waals surface area contributed by atoms with E-state index in [2.05, 4.69) is 39.1 Å². The van der Waals surface area contributed by atoms with Crippen molar-refractivity contribution in [3.8, 4) is 0 Å². The number of nitrogens with one attached hydrogen (secondary N) is 1. The molecule has 1 heterocycles. The maximum absolute atomic E-state index is 12.5. The van der Waals surface area contributed by atoms with Gasteiger partial charge >= 0.3 is 0 Å². The molecule has 0 amide bonds. The third-order valence-corrected chi connectivity index (χ3v) is 3.12. The van der Waals surface area contributed by atoms with Crippen molar-refractivity contribution in [1.82, 2.24) is 9.88 Å². The van der Waals surface area contributed by atoms with Crippen LogP contribution in [-0.2, 0) is 18.5 Å². The van der Waals surface area contributed by atoms with Crippen LogP contribution in [0.2, 0.25) is 0 Å². The van der Waals surface area contributed by atoms with Gasteiger partial charge in [-0.05, 0) is 19.5 Å². The molecule has 1 aromatic heterocycles. The molecule has 3 heteroatoms. The minimum absolute atomic E-state index is 0.00503. The predicted octanol–water partition coefficient (Wildman–Crippen LogP) is 2.67. The van der Waals surface area contributed by atoms with Gasteiger partial charge in [-0.15, -0.1) is 0 Å². The van der Waals surface area contributed by atoms with Crippen molar-refractivity contribution in [3.05, 3.63) is 33.7 Å². The number of pyridine rings is 1. The number of nitrogens with zero attached hydrogens (tertiary/aromatic N) is 1. The molecule has 1 N–H and O–H groups in total. The van der Waals surface area contributed by atoms with E-state index in [4.69, 9.17) is 0 Å². The van der Waals surface area contributed by atoms with Crippen LogP contribution in [0.1, 0.15) is 51.8 Å². The van der Waals surface area contributed by atoms with E-state index in [1.54, 1.807) is 0 Å². The Morgan fingerprint density at radius 2 is 1.94 bits per heavy atom. The van der Waals surface area contributed by atoms with E-state index in [0.717, 1.165) is 30.6 Å². The van der Waals surface area contributed by atoms with E-state index < -0.39 is 0 Å². The van der Waals surface area contributed by atoms with Gasteiger partial charge in [-0.25, -0.2) is 0 Å². The van der Waals surface area contributed by atoms with E-state index in [0.29, 0.717) is 6.54 Å². The Morgan fingerprint density at radius 3 is 2.44 bits per heavy atom. The second-order valence-corrected chi connectivity index (χ2v) is 5.83. The Hall–Kier alpha value is -1.09. The molecule has 0 unspecified atom stereocenters. The fourth-order valence-electron chi connectivity index (χ4n) is 2.14. The van der Waals surface area contributed by atoms with Crippen molar-refractivity contribution in [3.63, 3.8) is 0 Å². The van der Waals surface area contributed by atoms with Crippen LogP contribution in [0, 0.1) is 0 Å². The third kappa shape index (κ3) is 3.45. The molecule has 0 saturated carbocycles. The van der Waals surface area contributed by atoms with Gasteiger partial charge in [-0.2, -0.15) is 0 Å². The van der Waals surface area contributed by atoms with Gasteiger partial charge in [0.05, 0.1) is 0 Å². The maximum atomic E-state index is 12.5. The van der Waals surface area contributed by atoms with E-state index in [1.165, 1.54) is 0 Å². The van der Waals surface area contributed by atoms with Crippen LogP contribution in [0.15, 0.2) is 16.9 Å². The highest BCUT2D eigenvalue weighted by atomic mass is 16.1.